The third kappa shape index (κ3) is 4.15. The minimum atomic E-state index is -0.0221. The van der Waals surface area contributed by atoms with Crippen LogP contribution in [-0.4, -0.2) is 38.0 Å². The number of benzene rings is 2. The fourth-order valence-corrected chi connectivity index (χ4v) is 5.08. The number of carbonyl (C=O) groups is 1. The van der Waals surface area contributed by atoms with Crippen LogP contribution in [0.25, 0.3) is 22.8 Å². The van der Waals surface area contributed by atoms with Gasteiger partial charge in [-0.1, -0.05) is 23.4 Å². The Kier molecular flexibility index (Phi) is 5.93. The van der Waals surface area contributed by atoms with Crippen molar-refractivity contribution >= 4 is 26.4 Å². The van der Waals surface area contributed by atoms with E-state index in [4.69, 9.17) is 9.26 Å². The van der Waals surface area contributed by atoms with Gasteiger partial charge >= 0.3 is 0 Å². The van der Waals surface area contributed by atoms with Crippen molar-refractivity contribution in [2.24, 2.45) is 5.92 Å². The van der Waals surface area contributed by atoms with Crippen LogP contribution in [-0.2, 0) is 11.2 Å². The largest absolute Gasteiger partial charge is 0.490 e. The van der Waals surface area contributed by atoms with Crippen molar-refractivity contribution in [1.82, 2.24) is 15.0 Å². The van der Waals surface area contributed by atoms with E-state index in [1.54, 1.807) is 12.1 Å². The first-order valence-electron chi connectivity index (χ1n) is 11.0. The molecule has 0 saturated carbocycles. The van der Waals surface area contributed by atoms with Crippen molar-refractivity contribution in [3.8, 4) is 34.7 Å². The lowest BCUT2D eigenvalue weighted by Gasteiger charge is -2.42. The van der Waals surface area contributed by atoms with Crippen molar-refractivity contribution in [2.75, 3.05) is 13.1 Å². The smallest absolute Gasteiger partial charge is 0.258 e. The monoisotopic (exact) mass is 554 g/mol. The average molecular weight is 554 g/mol. The Bertz CT molecular complexity index is 1260. The molecule has 5 rings (SSSR count). The third-order valence-corrected chi connectivity index (χ3v) is 7.17. The SMILES string of the molecule is CC(C)Oc1ccc(-c2nc(-c3cccc4c3CC[C@H]4N3CC(C(=O)I)C3)no2)cc1C#N. The number of fused-ring (bicyclic) bond motifs is 1. The molecular weight excluding hydrogens is 531 g/mol. The quantitative estimate of drug-likeness (QED) is 0.315. The summed E-state index contributed by atoms with van der Waals surface area (Å²) in [5.74, 6) is 1.62. The molecule has 0 bridgehead atoms. The average Bonchev–Trinajstić information content (AvgIpc) is 3.40. The molecule has 1 fully saturated rings. The van der Waals surface area contributed by atoms with E-state index in [9.17, 15) is 10.1 Å². The second kappa shape index (κ2) is 8.88. The minimum absolute atomic E-state index is 0.0221. The summed E-state index contributed by atoms with van der Waals surface area (Å²) >= 11 is 1.91. The number of ether oxygens (including phenoxy) is 1. The van der Waals surface area contributed by atoms with Crippen LogP contribution < -0.4 is 4.74 Å². The van der Waals surface area contributed by atoms with Gasteiger partial charge in [0, 0.05) is 30.3 Å². The van der Waals surface area contributed by atoms with Crippen molar-refractivity contribution in [3.63, 3.8) is 0 Å². The van der Waals surface area contributed by atoms with Gasteiger partial charge in [-0.05, 0) is 78.6 Å². The summed E-state index contributed by atoms with van der Waals surface area (Å²) in [5, 5.41) is 13.8. The first kappa shape index (κ1) is 22.0. The first-order chi connectivity index (χ1) is 15.9. The molecule has 1 atom stereocenters. The third-order valence-electron chi connectivity index (χ3n) is 6.29. The van der Waals surface area contributed by atoms with Gasteiger partial charge in [0.25, 0.3) is 5.89 Å². The highest BCUT2D eigenvalue weighted by atomic mass is 127. The van der Waals surface area contributed by atoms with Crippen molar-refractivity contribution in [2.45, 2.75) is 38.8 Å². The zero-order valence-corrected chi connectivity index (χ0v) is 20.6. The van der Waals surface area contributed by atoms with Gasteiger partial charge < -0.3 is 9.26 Å². The van der Waals surface area contributed by atoms with Crippen LogP contribution >= 0.6 is 22.6 Å². The number of nitriles is 1. The highest BCUT2D eigenvalue weighted by Crippen LogP contribution is 2.43. The Morgan fingerprint density at radius 1 is 1.30 bits per heavy atom. The Labute approximate surface area is 205 Å². The van der Waals surface area contributed by atoms with Gasteiger partial charge in [-0.15, -0.1) is 0 Å². The fraction of sp³-hybridized carbons (Fsp3) is 0.360. The van der Waals surface area contributed by atoms with Gasteiger partial charge in [0.15, 0.2) is 3.79 Å². The van der Waals surface area contributed by atoms with Crippen LogP contribution in [0.4, 0.5) is 0 Å². The lowest BCUT2D eigenvalue weighted by molar-refractivity contribution is -0.118. The normalized spacial score (nSPS) is 18.1. The molecule has 1 saturated heterocycles. The molecule has 33 heavy (non-hydrogen) atoms. The summed E-state index contributed by atoms with van der Waals surface area (Å²) in [6, 6.07) is 14.1. The maximum absolute atomic E-state index is 11.6. The molecule has 0 N–H and O–H groups in total. The van der Waals surface area contributed by atoms with Crippen molar-refractivity contribution in [3.05, 3.63) is 53.1 Å². The molecule has 0 radical (unpaired) electrons. The molecule has 1 aromatic heterocycles. The number of halogens is 1. The molecule has 1 aliphatic heterocycles. The molecular formula is C25H23IN4O3. The van der Waals surface area contributed by atoms with E-state index in [0.717, 1.165) is 31.5 Å². The summed E-state index contributed by atoms with van der Waals surface area (Å²) in [6.45, 7) is 5.51. The van der Waals surface area contributed by atoms with E-state index in [1.165, 1.54) is 11.1 Å². The molecule has 168 valence electrons. The molecule has 2 aliphatic rings. The molecule has 1 aliphatic carbocycles. The number of aromatic nitrogens is 2. The van der Waals surface area contributed by atoms with Gasteiger partial charge in [-0.3, -0.25) is 9.69 Å². The Morgan fingerprint density at radius 2 is 2.12 bits per heavy atom. The minimum Gasteiger partial charge on any atom is -0.490 e. The zero-order chi connectivity index (χ0) is 23.1. The highest BCUT2D eigenvalue weighted by Gasteiger charge is 2.39. The molecule has 0 amide bonds. The van der Waals surface area contributed by atoms with Crippen molar-refractivity contribution in [1.29, 1.82) is 5.26 Å². The number of carbonyl (C=O) groups excluding carboxylic acids is 1. The van der Waals surface area contributed by atoms with Gasteiger partial charge in [-0.25, -0.2) is 0 Å². The second-order valence-corrected chi connectivity index (χ2v) is 9.86. The lowest BCUT2D eigenvalue weighted by atomic mass is 9.95. The molecule has 7 nitrogen and oxygen atoms in total. The van der Waals surface area contributed by atoms with E-state index < -0.39 is 0 Å². The number of hydrogen-bond donors (Lipinski definition) is 0. The summed E-state index contributed by atoms with van der Waals surface area (Å²) < 4.78 is 11.5. The van der Waals surface area contributed by atoms with Gasteiger partial charge in [0.05, 0.1) is 17.6 Å². The van der Waals surface area contributed by atoms with Crippen LogP contribution in [0.1, 0.15) is 43.0 Å². The van der Waals surface area contributed by atoms with Crippen LogP contribution in [0.5, 0.6) is 5.75 Å². The number of hydrogen-bond acceptors (Lipinski definition) is 7. The molecule has 8 heteroatoms. The highest BCUT2D eigenvalue weighted by molar-refractivity contribution is 14.1. The number of nitrogens with zero attached hydrogens (tertiary/aromatic N) is 4. The van der Waals surface area contributed by atoms with Crippen LogP contribution in [0, 0.1) is 17.2 Å². The summed E-state index contributed by atoms with van der Waals surface area (Å²) in [4.78, 5) is 18.6. The van der Waals surface area contributed by atoms with Crippen LogP contribution in [0.15, 0.2) is 40.9 Å². The van der Waals surface area contributed by atoms with E-state index >= 15 is 0 Å². The van der Waals surface area contributed by atoms with Gasteiger partial charge in [0.2, 0.25) is 5.82 Å². The molecule has 2 heterocycles. The summed E-state index contributed by atoms with van der Waals surface area (Å²) in [6.07, 6.45) is 1.95. The van der Waals surface area contributed by atoms with E-state index in [2.05, 4.69) is 27.2 Å². The van der Waals surface area contributed by atoms with Crippen LogP contribution in [0.3, 0.4) is 0 Å². The van der Waals surface area contributed by atoms with Crippen LogP contribution in [0.2, 0.25) is 0 Å². The Hall–Kier alpha value is -2.77. The van der Waals surface area contributed by atoms with Crippen molar-refractivity contribution < 1.29 is 14.1 Å². The maximum Gasteiger partial charge on any atom is 0.258 e. The standard InChI is InChI=1S/C25H23IN4O3/c1-14(2)32-22-9-6-15(10-16(22)11-27)25-28-24(29-33-25)20-5-3-4-19-18(20)7-8-21(19)30-12-17(13-30)23(26)31/h3-6,9-10,14,17,21H,7-8,12-13H2,1-2H3/t21-/m1/s1. The topological polar surface area (TPSA) is 92.2 Å². The predicted molar refractivity (Wildman–Crippen MR) is 131 cm³/mol. The van der Waals surface area contributed by atoms with E-state index in [-0.39, 0.29) is 15.8 Å². The lowest BCUT2D eigenvalue weighted by Crippen LogP contribution is -2.50. The predicted octanol–water partition coefficient (Wildman–Crippen LogP) is 4.94. The molecule has 3 aromatic rings. The maximum atomic E-state index is 11.6. The van der Waals surface area contributed by atoms with Gasteiger partial charge in [0.1, 0.15) is 11.8 Å². The summed E-state index contributed by atoms with van der Waals surface area (Å²) in [7, 11) is 0. The molecule has 0 spiro atoms. The number of rotatable bonds is 6. The fourth-order valence-electron chi connectivity index (χ4n) is 4.69. The Morgan fingerprint density at radius 3 is 2.85 bits per heavy atom. The second-order valence-electron chi connectivity index (χ2n) is 8.80. The zero-order valence-electron chi connectivity index (χ0n) is 18.4. The van der Waals surface area contributed by atoms with E-state index in [0.29, 0.717) is 34.6 Å². The first-order valence-corrected chi connectivity index (χ1v) is 12.1. The summed E-state index contributed by atoms with van der Waals surface area (Å²) in [5.41, 5.74) is 4.63. The Balaban J connectivity index is 1.41. The molecule has 0 unspecified atom stereocenters. The van der Waals surface area contributed by atoms with Gasteiger partial charge in [-0.2, -0.15) is 10.2 Å². The van der Waals surface area contributed by atoms with E-state index in [1.807, 2.05) is 54.6 Å². The number of likely N-dealkylation sites (tertiary alicyclic amines) is 1. The molecule has 2 aromatic carbocycles.